The van der Waals surface area contributed by atoms with Crippen molar-refractivity contribution in [1.29, 1.82) is 0 Å². The number of aliphatic carboxylic acids is 1. The minimum atomic E-state index is -1.24. The Morgan fingerprint density at radius 2 is 2.05 bits per heavy atom. The van der Waals surface area contributed by atoms with E-state index in [1.165, 1.54) is 7.11 Å². The Balaban J connectivity index is 2.45. The molecule has 1 N–H and O–H groups in total. The van der Waals surface area contributed by atoms with Crippen LogP contribution in [0.5, 0.6) is 0 Å². The van der Waals surface area contributed by atoms with Crippen LogP contribution in [0.2, 0.25) is 0 Å². The van der Waals surface area contributed by atoms with Crippen LogP contribution in [0.25, 0.3) is 0 Å². The van der Waals surface area contributed by atoms with Gasteiger partial charge >= 0.3 is 5.97 Å². The van der Waals surface area contributed by atoms with Gasteiger partial charge in [0.15, 0.2) is 11.6 Å². The molecule has 21 heavy (non-hydrogen) atoms. The van der Waals surface area contributed by atoms with Gasteiger partial charge in [0.1, 0.15) is 11.7 Å². The van der Waals surface area contributed by atoms with Crippen LogP contribution in [0.4, 0.5) is 20.2 Å². The summed E-state index contributed by atoms with van der Waals surface area (Å²) in [6.45, 7) is -0.0148. The molecule has 2 unspecified atom stereocenters. The molecule has 1 aliphatic heterocycles. The van der Waals surface area contributed by atoms with Gasteiger partial charge in [-0.2, -0.15) is 0 Å². The first-order valence-corrected chi connectivity index (χ1v) is 6.00. The molecule has 1 aromatic rings. The summed E-state index contributed by atoms with van der Waals surface area (Å²) in [4.78, 5) is 21.8. The van der Waals surface area contributed by atoms with Crippen molar-refractivity contribution in [3.05, 3.63) is 33.9 Å². The third-order valence-electron chi connectivity index (χ3n) is 3.38. The summed E-state index contributed by atoms with van der Waals surface area (Å²) in [7, 11) is 1.37. The highest BCUT2D eigenvalue weighted by molar-refractivity contribution is 5.79. The third kappa shape index (κ3) is 2.77. The molecule has 0 saturated carbocycles. The van der Waals surface area contributed by atoms with Crippen LogP contribution in [0.15, 0.2) is 12.1 Å². The van der Waals surface area contributed by atoms with Gasteiger partial charge in [0.05, 0.1) is 23.2 Å². The highest BCUT2D eigenvalue weighted by atomic mass is 19.1. The quantitative estimate of drug-likeness (QED) is 0.670. The zero-order valence-electron chi connectivity index (χ0n) is 11.0. The lowest BCUT2D eigenvalue weighted by atomic mass is 10.2. The standard InChI is InChI=1S/C12H12F2N2O5/c1-21-7-4-10(12(17)18)15(5-7)11-8(13)2-6(16(19)20)3-9(11)14/h2-3,7,10H,4-5H2,1H3,(H,17,18). The van der Waals surface area contributed by atoms with Crippen molar-refractivity contribution >= 4 is 17.3 Å². The van der Waals surface area contributed by atoms with E-state index in [-0.39, 0.29) is 13.0 Å². The molecule has 0 radical (unpaired) electrons. The second-order valence-corrected chi connectivity index (χ2v) is 4.61. The molecule has 0 aliphatic carbocycles. The van der Waals surface area contributed by atoms with Gasteiger partial charge in [-0.15, -0.1) is 0 Å². The average molecular weight is 302 g/mol. The number of hydrogen-bond donors (Lipinski definition) is 1. The molecule has 0 bridgehead atoms. The van der Waals surface area contributed by atoms with E-state index < -0.39 is 46.0 Å². The fraction of sp³-hybridized carbons (Fsp3) is 0.417. The van der Waals surface area contributed by atoms with Gasteiger partial charge in [-0.25, -0.2) is 13.6 Å². The lowest BCUT2D eigenvalue weighted by Crippen LogP contribution is -2.37. The molecule has 114 valence electrons. The van der Waals surface area contributed by atoms with Gasteiger partial charge in [-0.1, -0.05) is 0 Å². The van der Waals surface area contributed by atoms with Crippen molar-refractivity contribution in [2.75, 3.05) is 18.6 Å². The number of nitro benzene ring substituents is 1. The number of methoxy groups -OCH3 is 1. The Hall–Kier alpha value is -2.29. The molecule has 0 amide bonds. The number of non-ortho nitro benzene ring substituents is 1. The summed E-state index contributed by atoms with van der Waals surface area (Å²) in [6, 6.07) is -0.0186. The number of carboxylic acids is 1. The van der Waals surface area contributed by atoms with E-state index in [1.807, 2.05) is 0 Å². The van der Waals surface area contributed by atoms with Crippen LogP contribution in [-0.2, 0) is 9.53 Å². The summed E-state index contributed by atoms with van der Waals surface area (Å²) in [5.41, 5.74) is -1.32. The zero-order valence-corrected chi connectivity index (χ0v) is 11.0. The summed E-state index contributed by atoms with van der Waals surface area (Å²) < 4.78 is 33.0. The first-order chi connectivity index (χ1) is 9.85. The van der Waals surface area contributed by atoms with E-state index in [9.17, 15) is 23.7 Å². The van der Waals surface area contributed by atoms with Gasteiger partial charge in [-0.05, 0) is 0 Å². The van der Waals surface area contributed by atoms with Crippen LogP contribution in [0.3, 0.4) is 0 Å². The molecule has 1 fully saturated rings. The molecular weight excluding hydrogens is 290 g/mol. The predicted octanol–water partition coefficient (Wildman–Crippen LogP) is 1.55. The SMILES string of the molecule is COC1CC(C(=O)O)N(c2c(F)cc([N+](=O)[O-])cc2F)C1. The summed E-state index contributed by atoms with van der Waals surface area (Å²) >= 11 is 0. The number of nitro groups is 1. The molecule has 1 heterocycles. The normalized spacial score (nSPS) is 21.6. The van der Waals surface area contributed by atoms with Crippen LogP contribution in [-0.4, -0.2) is 41.8 Å². The van der Waals surface area contributed by atoms with Crippen molar-refractivity contribution in [3.8, 4) is 0 Å². The van der Waals surface area contributed by atoms with Gasteiger partial charge in [0, 0.05) is 20.1 Å². The Bertz CT molecular complexity index is 572. The van der Waals surface area contributed by atoms with E-state index >= 15 is 0 Å². The number of halogens is 2. The van der Waals surface area contributed by atoms with E-state index in [0.717, 1.165) is 4.90 Å². The van der Waals surface area contributed by atoms with Crippen LogP contribution >= 0.6 is 0 Å². The maximum Gasteiger partial charge on any atom is 0.326 e. The Labute approximate surface area is 117 Å². The zero-order chi connectivity index (χ0) is 15.7. The van der Waals surface area contributed by atoms with E-state index in [0.29, 0.717) is 12.1 Å². The molecule has 2 rings (SSSR count). The van der Waals surface area contributed by atoms with Gasteiger partial charge in [0.25, 0.3) is 5.69 Å². The third-order valence-corrected chi connectivity index (χ3v) is 3.38. The van der Waals surface area contributed by atoms with Gasteiger partial charge in [-0.3, -0.25) is 10.1 Å². The fourth-order valence-electron chi connectivity index (χ4n) is 2.38. The highest BCUT2D eigenvalue weighted by Gasteiger charge is 2.40. The Kier molecular flexibility index (Phi) is 4.03. The lowest BCUT2D eigenvalue weighted by Gasteiger charge is -2.24. The molecule has 0 spiro atoms. The van der Waals surface area contributed by atoms with Gasteiger partial charge < -0.3 is 14.7 Å². The second kappa shape index (κ2) is 5.60. The Morgan fingerprint density at radius 1 is 1.48 bits per heavy atom. The fourth-order valence-corrected chi connectivity index (χ4v) is 2.38. The molecule has 9 heteroatoms. The average Bonchev–Trinajstić information content (AvgIpc) is 2.82. The number of rotatable bonds is 4. The highest BCUT2D eigenvalue weighted by Crippen LogP contribution is 2.33. The molecular formula is C12H12F2N2O5. The van der Waals surface area contributed by atoms with Crippen molar-refractivity contribution in [3.63, 3.8) is 0 Å². The summed E-state index contributed by atoms with van der Waals surface area (Å²) in [6.07, 6.45) is -0.415. The first-order valence-electron chi connectivity index (χ1n) is 6.00. The van der Waals surface area contributed by atoms with Crippen molar-refractivity contribution < 1.29 is 28.3 Å². The summed E-state index contributed by atoms with van der Waals surface area (Å²) in [5, 5.41) is 19.7. The second-order valence-electron chi connectivity index (χ2n) is 4.61. The number of anilines is 1. The molecule has 7 nitrogen and oxygen atoms in total. The monoisotopic (exact) mass is 302 g/mol. The topological polar surface area (TPSA) is 92.9 Å². The molecule has 0 aromatic heterocycles. The maximum atomic E-state index is 14.0. The van der Waals surface area contributed by atoms with Gasteiger partial charge in [0.2, 0.25) is 0 Å². The smallest absolute Gasteiger partial charge is 0.326 e. The predicted molar refractivity (Wildman–Crippen MR) is 67.2 cm³/mol. The van der Waals surface area contributed by atoms with Crippen LogP contribution in [0, 0.1) is 21.7 Å². The van der Waals surface area contributed by atoms with E-state index in [1.54, 1.807) is 0 Å². The van der Waals surface area contributed by atoms with Crippen molar-refractivity contribution in [1.82, 2.24) is 0 Å². The number of benzene rings is 1. The molecule has 1 saturated heterocycles. The minimum absolute atomic E-state index is 0.0148. The van der Waals surface area contributed by atoms with E-state index in [4.69, 9.17) is 9.84 Å². The molecule has 1 aromatic carbocycles. The van der Waals surface area contributed by atoms with Crippen molar-refractivity contribution in [2.24, 2.45) is 0 Å². The number of carboxylic acid groups (broad SMARTS) is 1. The first kappa shape index (κ1) is 15.1. The summed E-state index contributed by atoms with van der Waals surface area (Å²) in [5.74, 6) is -3.60. The number of carbonyl (C=O) groups is 1. The minimum Gasteiger partial charge on any atom is -0.480 e. The molecule has 1 aliphatic rings. The number of ether oxygens (including phenoxy) is 1. The largest absolute Gasteiger partial charge is 0.480 e. The van der Waals surface area contributed by atoms with Crippen LogP contribution in [0.1, 0.15) is 6.42 Å². The maximum absolute atomic E-state index is 14.0. The number of nitrogens with zero attached hydrogens (tertiary/aromatic N) is 2. The van der Waals surface area contributed by atoms with Crippen molar-refractivity contribution in [2.45, 2.75) is 18.6 Å². The molecule has 2 atom stereocenters. The van der Waals surface area contributed by atoms with Crippen LogP contribution < -0.4 is 4.90 Å². The van der Waals surface area contributed by atoms with E-state index in [2.05, 4.69) is 0 Å². The Morgan fingerprint density at radius 3 is 2.48 bits per heavy atom. The number of hydrogen-bond acceptors (Lipinski definition) is 5. The lowest BCUT2D eigenvalue weighted by molar-refractivity contribution is -0.385.